The molecule has 1 N–H and O–H groups in total. The molecule has 2 fully saturated rings. The average Bonchev–Trinajstić information content (AvgIpc) is 3.23. The number of nitrogens with zero attached hydrogens (tertiary/aromatic N) is 1. The first-order valence-electron chi connectivity index (χ1n) is 10.4. The Bertz CT molecular complexity index is 765. The number of rotatable bonds is 1. The predicted octanol–water partition coefficient (Wildman–Crippen LogP) is 5.71. The topological polar surface area (TPSA) is 33.1 Å². The van der Waals surface area contributed by atoms with E-state index in [9.17, 15) is 5.11 Å². The van der Waals surface area contributed by atoms with Crippen molar-refractivity contribution in [3.8, 4) is 0 Å². The van der Waals surface area contributed by atoms with E-state index in [1.54, 1.807) is 16.9 Å². The van der Waals surface area contributed by atoms with Gasteiger partial charge in [-0.15, -0.1) is 11.3 Å². The van der Waals surface area contributed by atoms with Crippen molar-refractivity contribution in [3.63, 3.8) is 0 Å². The average molecular weight is 370 g/mol. The summed E-state index contributed by atoms with van der Waals surface area (Å²) in [5.41, 5.74) is 6.91. The minimum Gasteiger partial charge on any atom is -0.393 e. The van der Waals surface area contributed by atoms with E-state index in [0.717, 1.165) is 30.6 Å². The summed E-state index contributed by atoms with van der Waals surface area (Å²) in [6, 6.07) is 0. The summed E-state index contributed by atoms with van der Waals surface area (Å²) >= 11 is 1.72. The lowest BCUT2D eigenvalue weighted by Crippen LogP contribution is -2.52. The molecule has 2 saturated carbocycles. The monoisotopic (exact) mass is 369 g/mol. The normalized spacial score (nSPS) is 47.5. The highest BCUT2D eigenvalue weighted by Crippen LogP contribution is 2.67. The van der Waals surface area contributed by atoms with Gasteiger partial charge in [-0.05, 0) is 78.6 Å². The summed E-state index contributed by atoms with van der Waals surface area (Å²) < 4.78 is 0. The van der Waals surface area contributed by atoms with Crippen molar-refractivity contribution in [2.75, 3.05) is 0 Å². The van der Waals surface area contributed by atoms with Crippen molar-refractivity contribution >= 4 is 16.9 Å². The van der Waals surface area contributed by atoms with Crippen LogP contribution in [-0.2, 0) is 0 Å². The van der Waals surface area contributed by atoms with E-state index in [2.05, 4.69) is 43.3 Å². The Morgan fingerprint density at radius 1 is 1.15 bits per heavy atom. The summed E-state index contributed by atoms with van der Waals surface area (Å²) in [7, 11) is 0. The molecule has 0 radical (unpaired) electrons. The van der Waals surface area contributed by atoms with Crippen molar-refractivity contribution < 1.29 is 5.11 Å². The van der Waals surface area contributed by atoms with Gasteiger partial charge in [-0.2, -0.15) is 0 Å². The van der Waals surface area contributed by atoms with Gasteiger partial charge in [0.15, 0.2) is 0 Å². The number of fused-ring (bicyclic) bond motifs is 5. The molecule has 1 aromatic heterocycles. The molecule has 0 spiro atoms. The second-order valence-corrected chi connectivity index (χ2v) is 10.6. The number of aromatic nitrogens is 1. The van der Waals surface area contributed by atoms with Gasteiger partial charge in [-0.3, -0.25) is 0 Å². The second-order valence-electron chi connectivity index (χ2n) is 9.84. The molecule has 0 saturated heterocycles. The second kappa shape index (κ2) is 5.78. The molecule has 140 valence electrons. The van der Waals surface area contributed by atoms with E-state index in [0.29, 0.717) is 16.7 Å². The van der Waals surface area contributed by atoms with Crippen molar-refractivity contribution in [1.29, 1.82) is 0 Å². The number of allylic oxidation sites excluding steroid dienone is 3. The molecule has 26 heavy (non-hydrogen) atoms. The molecule has 4 aliphatic carbocycles. The zero-order chi connectivity index (χ0) is 18.1. The van der Waals surface area contributed by atoms with Crippen molar-refractivity contribution in [2.24, 2.45) is 34.5 Å². The summed E-state index contributed by atoms with van der Waals surface area (Å²) in [5.74, 6) is 2.92. The minimum atomic E-state index is -0.114. The van der Waals surface area contributed by atoms with Crippen molar-refractivity contribution in [3.05, 3.63) is 34.3 Å². The first-order valence-corrected chi connectivity index (χ1v) is 11.4. The molecule has 3 heteroatoms. The van der Waals surface area contributed by atoms with Gasteiger partial charge >= 0.3 is 0 Å². The molecule has 0 aromatic carbocycles. The van der Waals surface area contributed by atoms with Crippen molar-refractivity contribution in [2.45, 2.75) is 65.4 Å². The van der Waals surface area contributed by atoms with Crippen molar-refractivity contribution in [1.82, 2.24) is 4.98 Å². The van der Waals surface area contributed by atoms with Gasteiger partial charge in [0, 0.05) is 5.38 Å². The molecular weight excluding hydrogens is 338 g/mol. The fourth-order valence-corrected chi connectivity index (χ4v) is 7.87. The quantitative estimate of drug-likeness (QED) is 0.644. The van der Waals surface area contributed by atoms with Crippen LogP contribution in [0.15, 0.2) is 28.6 Å². The Morgan fingerprint density at radius 3 is 2.73 bits per heavy atom. The zero-order valence-electron chi connectivity index (χ0n) is 16.2. The van der Waals surface area contributed by atoms with Crippen LogP contribution in [0.5, 0.6) is 0 Å². The smallest absolute Gasteiger partial charge is 0.0798 e. The Kier molecular flexibility index (Phi) is 3.82. The summed E-state index contributed by atoms with van der Waals surface area (Å²) in [6.45, 7) is 7.48. The van der Waals surface area contributed by atoms with Gasteiger partial charge in [0.25, 0.3) is 0 Å². The maximum Gasteiger partial charge on any atom is 0.0798 e. The highest BCUT2D eigenvalue weighted by molar-refractivity contribution is 7.07. The van der Waals surface area contributed by atoms with Crippen LogP contribution in [-0.4, -0.2) is 16.2 Å². The third kappa shape index (κ3) is 2.22. The van der Waals surface area contributed by atoms with Gasteiger partial charge in [0.05, 0.1) is 17.3 Å². The standard InChI is InChI=1S/C23H31NOS/c1-14-10-15-11-16(25)6-8-22(15,2)19-7-9-23(3)17(20-12-26-13-24-20)4-5-18(23)21(14)19/h4,10,12-14,16,18-19,21,25H,5-9,11H2,1-3H3/t14-,16+,18+,19+,21+,22+,23-/m1/s1. The molecular formula is C23H31NOS. The van der Waals surface area contributed by atoms with E-state index in [1.807, 2.05) is 5.51 Å². The third-order valence-electron chi connectivity index (χ3n) is 8.70. The fraction of sp³-hybridized carbons (Fsp3) is 0.696. The molecule has 0 amide bonds. The maximum atomic E-state index is 10.2. The first-order chi connectivity index (χ1) is 12.4. The largest absolute Gasteiger partial charge is 0.393 e. The summed E-state index contributed by atoms with van der Waals surface area (Å²) in [6.07, 6.45) is 11.9. The van der Waals surface area contributed by atoms with Gasteiger partial charge in [0.2, 0.25) is 0 Å². The summed E-state index contributed by atoms with van der Waals surface area (Å²) in [4.78, 5) is 4.66. The van der Waals surface area contributed by atoms with Gasteiger partial charge in [0.1, 0.15) is 0 Å². The highest BCUT2D eigenvalue weighted by Gasteiger charge is 2.58. The van der Waals surface area contributed by atoms with E-state index in [1.165, 1.54) is 37.0 Å². The van der Waals surface area contributed by atoms with Crippen LogP contribution in [0, 0.1) is 34.5 Å². The molecule has 1 aromatic rings. The Labute approximate surface area is 161 Å². The number of aliphatic hydroxyl groups excluding tert-OH is 1. The first kappa shape index (κ1) is 17.2. The SMILES string of the molecule is C[C@@H]1C=C2C[C@@H](O)CC[C@]2(C)[C@H]2CC[C@]3(C)C(c4cscn4)=CC[C@H]3[C@H]12. The minimum absolute atomic E-state index is 0.114. The lowest BCUT2D eigenvalue weighted by Gasteiger charge is -2.59. The number of hydrogen-bond donors (Lipinski definition) is 1. The van der Waals surface area contributed by atoms with Crippen LogP contribution < -0.4 is 0 Å². The Hall–Kier alpha value is -0.930. The van der Waals surface area contributed by atoms with Crippen LogP contribution in [0.2, 0.25) is 0 Å². The van der Waals surface area contributed by atoms with E-state index in [-0.39, 0.29) is 6.10 Å². The van der Waals surface area contributed by atoms with Gasteiger partial charge in [-0.1, -0.05) is 38.5 Å². The summed E-state index contributed by atoms with van der Waals surface area (Å²) in [5, 5.41) is 12.5. The molecule has 0 unspecified atom stereocenters. The number of thiazole rings is 1. The number of hydrogen-bond acceptors (Lipinski definition) is 3. The van der Waals surface area contributed by atoms with E-state index < -0.39 is 0 Å². The fourth-order valence-electron chi connectivity index (χ4n) is 7.31. The van der Waals surface area contributed by atoms with Gasteiger partial charge in [-0.25, -0.2) is 4.98 Å². The predicted molar refractivity (Wildman–Crippen MR) is 108 cm³/mol. The molecule has 4 aliphatic rings. The lowest BCUT2D eigenvalue weighted by atomic mass is 9.45. The Morgan fingerprint density at radius 2 is 1.96 bits per heavy atom. The molecule has 5 rings (SSSR count). The van der Waals surface area contributed by atoms with Crippen LogP contribution in [0.4, 0.5) is 0 Å². The maximum absolute atomic E-state index is 10.2. The molecule has 0 aliphatic heterocycles. The highest BCUT2D eigenvalue weighted by atomic mass is 32.1. The van der Waals surface area contributed by atoms with E-state index >= 15 is 0 Å². The van der Waals surface area contributed by atoms with E-state index in [4.69, 9.17) is 0 Å². The number of aliphatic hydroxyl groups is 1. The zero-order valence-corrected chi connectivity index (χ0v) is 17.1. The molecule has 7 atom stereocenters. The Balaban J connectivity index is 1.52. The van der Waals surface area contributed by atoms with Crippen LogP contribution in [0.3, 0.4) is 0 Å². The van der Waals surface area contributed by atoms with Crippen LogP contribution >= 0.6 is 11.3 Å². The lowest BCUT2D eigenvalue weighted by molar-refractivity contribution is -0.0426. The molecule has 0 bridgehead atoms. The van der Waals surface area contributed by atoms with Crippen LogP contribution in [0.25, 0.3) is 5.57 Å². The molecule has 1 heterocycles. The van der Waals surface area contributed by atoms with Gasteiger partial charge < -0.3 is 5.11 Å². The molecule has 2 nitrogen and oxygen atoms in total. The third-order valence-corrected chi connectivity index (χ3v) is 9.28. The van der Waals surface area contributed by atoms with Crippen LogP contribution in [0.1, 0.15) is 65.0 Å².